The number of benzene rings is 2. The molecule has 0 aliphatic carbocycles. The number of carbonyl (C=O) groups is 2. The van der Waals surface area contributed by atoms with E-state index in [2.05, 4.69) is 10.00 Å². The van der Waals surface area contributed by atoms with Crippen LogP contribution >= 0.6 is 0 Å². The highest BCUT2D eigenvalue weighted by Crippen LogP contribution is 2.45. The average molecular weight is 547 g/mol. The first kappa shape index (κ1) is 27.4. The largest absolute Gasteiger partial charge is 0.507 e. The maximum atomic E-state index is 13.6. The molecule has 10 nitrogen and oxygen atoms in total. The topological polar surface area (TPSA) is 106 Å². The van der Waals surface area contributed by atoms with E-state index in [0.29, 0.717) is 54.5 Å². The number of Topliss-reactive ketones (excluding diaryl/α,β-unsaturated/α-hetero) is 1. The molecule has 0 radical (unpaired) electrons. The van der Waals surface area contributed by atoms with Crippen LogP contribution in [0.15, 0.2) is 60.3 Å². The number of likely N-dealkylation sites (tertiary alicyclic amines) is 1. The van der Waals surface area contributed by atoms with Crippen LogP contribution in [0, 0.1) is 6.92 Å². The maximum absolute atomic E-state index is 13.6. The van der Waals surface area contributed by atoms with Gasteiger partial charge in [0.15, 0.2) is 11.5 Å². The number of hydrogen-bond acceptors (Lipinski definition) is 8. The van der Waals surface area contributed by atoms with Crippen LogP contribution in [0.1, 0.15) is 29.3 Å². The number of aliphatic hydroxyl groups is 1. The lowest BCUT2D eigenvalue weighted by molar-refractivity contribution is -0.140. The Morgan fingerprint density at radius 1 is 1.02 bits per heavy atom. The Labute approximate surface area is 233 Å². The van der Waals surface area contributed by atoms with Gasteiger partial charge >= 0.3 is 0 Å². The number of nitrogens with zero attached hydrogens (tertiary/aromatic N) is 4. The molecule has 3 heterocycles. The van der Waals surface area contributed by atoms with Gasteiger partial charge in [-0.15, -0.1) is 0 Å². The number of para-hydroxylation sites is 2. The van der Waals surface area contributed by atoms with E-state index in [9.17, 15) is 14.7 Å². The zero-order valence-corrected chi connectivity index (χ0v) is 23.0. The Morgan fingerprint density at radius 3 is 2.48 bits per heavy atom. The van der Waals surface area contributed by atoms with Gasteiger partial charge in [0.1, 0.15) is 5.76 Å². The smallest absolute Gasteiger partial charge is 0.295 e. The van der Waals surface area contributed by atoms with Crippen molar-refractivity contribution in [1.29, 1.82) is 0 Å². The lowest BCUT2D eigenvalue weighted by atomic mass is 9.94. The van der Waals surface area contributed by atoms with Crippen LogP contribution in [0.2, 0.25) is 0 Å². The average Bonchev–Trinajstić information content (AvgIpc) is 3.49. The summed E-state index contributed by atoms with van der Waals surface area (Å²) < 4.78 is 18.3. The molecule has 2 saturated heterocycles. The summed E-state index contributed by atoms with van der Waals surface area (Å²) in [7, 11) is 3.04. The third kappa shape index (κ3) is 5.07. The summed E-state index contributed by atoms with van der Waals surface area (Å²) in [6.07, 6.45) is 2.17. The molecule has 2 fully saturated rings. The van der Waals surface area contributed by atoms with Crippen molar-refractivity contribution in [2.45, 2.75) is 19.4 Å². The number of aromatic nitrogens is 2. The first-order valence-corrected chi connectivity index (χ1v) is 13.4. The first-order chi connectivity index (χ1) is 19.5. The number of ketones is 1. The number of rotatable bonds is 9. The molecule has 5 rings (SSSR count). The van der Waals surface area contributed by atoms with Crippen LogP contribution in [-0.2, 0) is 14.3 Å². The zero-order chi connectivity index (χ0) is 28.2. The fraction of sp³-hybridized carbons (Fsp3) is 0.367. The molecule has 0 spiro atoms. The van der Waals surface area contributed by atoms with Gasteiger partial charge in [0.05, 0.1) is 62.2 Å². The van der Waals surface area contributed by atoms with Crippen molar-refractivity contribution in [3.8, 4) is 17.2 Å². The number of carbonyl (C=O) groups excluding carboxylic acids is 2. The molecule has 0 bridgehead atoms. The summed E-state index contributed by atoms with van der Waals surface area (Å²) in [5, 5.41) is 16.1. The highest BCUT2D eigenvalue weighted by molar-refractivity contribution is 6.46. The second-order valence-electron chi connectivity index (χ2n) is 9.77. The highest BCUT2D eigenvalue weighted by atomic mass is 16.5. The first-order valence-electron chi connectivity index (χ1n) is 13.4. The fourth-order valence-corrected chi connectivity index (χ4v) is 5.47. The van der Waals surface area contributed by atoms with Crippen LogP contribution in [0.3, 0.4) is 0 Å². The van der Waals surface area contributed by atoms with Crippen molar-refractivity contribution in [2.24, 2.45) is 0 Å². The van der Waals surface area contributed by atoms with Gasteiger partial charge in [0.25, 0.3) is 11.7 Å². The highest BCUT2D eigenvalue weighted by Gasteiger charge is 2.47. The Hall–Kier alpha value is -4.15. The Kier molecular flexibility index (Phi) is 8.18. The van der Waals surface area contributed by atoms with Gasteiger partial charge in [-0.2, -0.15) is 5.10 Å². The van der Waals surface area contributed by atoms with Crippen molar-refractivity contribution in [3.63, 3.8) is 0 Å². The van der Waals surface area contributed by atoms with Crippen molar-refractivity contribution < 1.29 is 28.9 Å². The lowest BCUT2D eigenvalue weighted by Crippen LogP contribution is -2.39. The van der Waals surface area contributed by atoms with E-state index in [1.807, 2.05) is 37.3 Å². The minimum absolute atomic E-state index is 0.00126. The Bertz CT molecular complexity index is 1410. The van der Waals surface area contributed by atoms with Crippen LogP contribution < -0.4 is 9.47 Å². The summed E-state index contributed by atoms with van der Waals surface area (Å²) in [6.45, 7) is 5.92. The third-order valence-corrected chi connectivity index (χ3v) is 7.51. The van der Waals surface area contributed by atoms with Gasteiger partial charge < -0.3 is 24.2 Å². The standard InChI is InChI=1S/C30H34N4O6/c1-20-23(19-31-34(20)21-9-5-4-6-10-21)27(35)25-26(22-11-7-12-24(38-2)29(22)39-3)33(30(37)28(25)36)14-8-13-32-15-17-40-18-16-32/h4-7,9-12,19,26,35H,8,13-18H2,1-3H3/b27-25+/t26-/m1/s1. The summed E-state index contributed by atoms with van der Waals surface area (Å²) >= 11 is 0. The number of aliphatic hydroxyl groups excluding tert-OH is 1. The molecule has 1 aromatic heterocycles. The monoisotopic (exact) mass is 546 g/mol. The minimum Gasteiger partial charge on any atom is -0.507 e. The molecule has 1 N–H and O–H groups in total. The normalized spacial score (nSPS) is 19.3. The fourth-order valence-electron chi connectivity index (χ4n) is 5.47. The van der Waals surface area contributed by atoms with E-state index in [1.165, 1.54) is 25.3 Å². The third-order valence-electron chi connectivity index (χ3n) is 7.51. The maximum Gasteiger partial charge on any atom is 0.295 e. The number of morpholine rings is 1. The summed E-state index contributed by atoms with van der Waals surface area (Å²) in [5.74, 6) is -0.814. The minimum atomic E-state index is -0.866. The van der Waals surface area contributed by atoms with Gasteiger partial charge in [0, 0.05) is 31.7 Å². The molecular formula is C30H34N4O6. The van der Waals surface area contributed by atoms with Crippen LogP contribution in [0.4, 0.5) is 0 Å². The number of ether oxygens (including phenoxy) is 3. The van der Waals surface area contributed by atoms with E-state index < -0.39 is 17.7 Å². The molecule has 1 amide bonds. The molecule has 2 aliphatic heterocycles. The summed E-state index contributed by atoms with van der Waals surface area (Å²) in [5.41, 5.74) is 2.38. The van der Waals surface area contributed by atoms with E-state index in [-0.39, 0.29) is 11.3 Å². The quantitative estimate of drug-likeness (QED) is 0.248. The molecule has 2 aromatic carbocycles. The molecular weight excluding hydrogens is 512 g/mol. The Morgan fingerprint density at radius 2 is 1.77 bits per heavy atom. The molecule has 0 unspecified atom stereocenters. The van der Waals surface area contributed by atoms with Gasteiger partial charge in [-0.3, -0.25) is 14.5 Å². The predicted molar refractivity (Wildman–Crippen MR) is 149 cm³/mol. The van der Waals surface area contributed by atoms with Crippen LogP contribution in [0.25, 0.3) is 11.4 Å². The van der Waals surface area contributed by atoms with E-state index in [0.717, 1.165) is 25.3 Å². The molecule has 1 atom stereocenters. The number of hydrogen-bond donors (Lipinski definition) is 1. The van der Waals surface area contributed by atoms with Crippen LogP contribution in [-0.4, -0.2) is 90.0 Å². The zero-order valence-electron chi connectivity index (χ0n) is 23.0. The second kappa shape index (κ2) is 11.9. The van der Waals surface area contributed by atoms with E-state index >= 15 is 0 Å². The van der Waals surface area contributed by atoms with Gasteiger partial charge in [-0.05, 0) is 31.5 Å². The molecule has 0 saturated carbocycles. The predicted octanol–water partition coefficient (Wildman–Crippen LogP) is 3.34. The molecule has 3 aromatic rings. The second-order valence-corrected chi connectivity index (χ2v) is 9.77. The Balaban J connectivity index is 1.57. The number of amides is 1. The molecule has 2 aliphatic rings. The summed E-state index contributed by atoms with van der Waals surface area (Å²) in [4.78, 5) is 30.9. The van der Waals surface area contributed by atoms with E-state index in [1.54, 1.807) is 22.9 Å². The molecule has 210 valence electrons. The van der Waals surface area contributed by atoms with Crippen molar-refractivity contribution in [3.05, 3.63) is 77.1 Å². The lowest BCUT2D eigenvalue weighted by Gasteiger charge is -2.29. The van der Waals surface area contributed by atoms with Gasteiger partial charge in [0.2, 0.25) is 0 Å². The van der Waals surface area contributed by atoms with Crippen molar-refractivity contribution in [1.82, 2.24) is 19.6 Å². The summed E-state index contributed by atoms with van der Waals surface area (Å²) in [6, 6.07) is 14.0. The molecule has 10 heteroatoms. The van der Waals surface area contributed by atoms with Crippen LogP contribution in [0.5, 0.6) is 11.5 Å². The number of methoxy groups -OCH3 is 2. The van der Waals surface area contributed by atoms with Gasteiger partial charge in [-0.1, -0.05) is 30.3 Å². The van der Waals surface area contributed by atoms with Crippen molar-refractivity contribution in [2.75, 3.05) is 53.6 Å². The van der Waals surface area contributed by atoms with Crippen molar-refractivity contribution >= 4 is 17.4 Å². The molecule has 40 heavy (non-hydrogen) atoms. The SMILES string of the molecule is COc1cccc([C@@H]2/C(=C(\O)c3cnn(-c4ccccc4)c3C)C(=O)C(=O)N2CCCN2CCOCC2)c1OC. The van der Waals surface area contributed by atoms with E-state index in [4.69, 9.17) is 14.2 Å². The van der Waals surface area contributed by atoms with Gasteiger partial charge in [-0.25, -0.2) is 4.68 Å².